The van der Waals surface area contributed by atoms with E-state index in [4.69, 9.17) is 0 Å². The van der Waals surface area contributed by atoms with Crippen molar-refractivity contribution in [3.05, 3.63) is 0 Å². The van der Waals surface area contributed by atoms with Gasteiger partial charge in [-0.15, -0.1) is 0 Å². The van der Waals surface area contributed by atoms with Gasteiger partial charge >= 0.3 is 0 Å². The van der Waals surface area contributed by atoms with Gasteiger partial charge in [-0.1, -0.05) is 27.2 Å². The predicted molar refractivity (Wildman–Crippen MR) is 70.8 cm³/mol. The van der Waals surface area contributed by atoms with Gasteiger partial charge in [-0.25, -0.2) is 0 Å². The van der Waals surface area contributed by atoms with Crippen LogP contribution in [-0.2, 0) is 9.59 Å². The number of rotatable bonds is 3. The molecule has 2 aliphatic rings. The van der Waals surface area contributed by atoms with Gasteiger partial charge < -0.3 is 0 Å². The van der Waals surface area contributed by atoms with Gasteiger partial charge in [-0.05, 0) is 42.9 Å². The van der Waals surface area contributed by atoms with Crippen molar-refractivity contribution in [3.63, 3.8) is 0 Å². The molecule has 18 heavy (non-hydrogen) atoms. The largest absolute Gasteiger partial charge is 0.296 e. The summed E-state index contributed by atoms with van der Waals surface area (Å²) in [6.07, 6.45) is 5.96. The third kappa shape index (κ3) is 2.45. The summed E-state index contributed by atoms with van der Waals surface area (Å²) in [5.74, 6) is 1.19. The number of amides is 2. The highest BCUT2D eigenvalue weighted by molar-refractivity contribution is 5.99. The average Bonchev–Trinajstić information content (AvgIpc) is 2.67. The highest BCUT2D eigenvalue weighted by Crippen LogP contribution is 2.53. The van der Waals surface area contributed by atoms with Crippen LogP contribution in [-0.4, -0.2) is 11.8 Å². The first-order valence-corrected chi connectivity index (χ1v) is 7.30. The molecular formula is C15H25NO2. The zero-order valence-electron chi connectivity index (χ0n) is 11.8. The average molecular weight is 251 g/mol. The summed E-state index contributed by atoms with van der Waals surface area (Å²) >= 11 is 0. The maximum absolute atomic E-state index is 12.2. The van der Waals surface area contributed by atoms with Crippen LogP contribution in [0, 0.1) is 23.2 Å². The lowest BCUT2D eigenvalue weighted by molar-refractivity contribution is -0.144. The van der Waals surface area contributed by atoms with Crippen LogP contribution in [0.3, 0.4) is 0 Å². The number of carbonyl (C=O) groups excluding carboxylic acids is 2. The second kappa shape index (κ2) is 5.02. The second-order valence-corrected chi connectivity index (χ2v) is 6.65. The van der Waals surface area contributed by atoms with Crippen LogP contribution in [0.4, 0.5) is 0 Å². The third-order valence-electron chi connectivity index (χ3n) is 4.86. The van der Waals surface area contributed by atoms with E-state index in [0.717, 1.165) is 19.3 Å². The molecule has 2 rings (SSSR count). The Hall–Kier alpha value is -0.860. The molecule has 1 heterocycles. The third-order valence-corrected chi connectivity index (χ3v) is 4.86. The molecule has 0 aromatic heterocycles. The standard InChI is InChI=1S/C15H25NO2/c1-4-11-5-6-15(8-11)9-13(17)16-14(18)12(15)7-10(2)3/h10-12H,4-9H2,1-3H3,(H,16,17,18). The van der Waals surface area contributed by atoms with E-state index in [-0.39, 0.29) is 23.1 Å². The summed E-state index contributed by atoms with van der Waals surface area (Å²) in [5.41, 5.74) is -0.0234. The molecule has 102 valence electrons. The first-order chi connectivity index (χ1) is 8.47. The smallest absolute Gasteiger partial charge is 0.230 e. The Balaban J connectivity index is 2.22. The van der Waals surface area contributed by atoms with Crippen molar-refractivity contribution < 1.29 is 9.59 Å². The second-order valence-electron chi connectivity index (χ2n) is 6.65. The molecule has 2 amide bonds. The van der Waals surface area contributed by atoms with Crippen molar-refractivity contribution in [1.82, 2.24) is 5.32 Å². The molecule has 1 N–H and O–H groups in total. The van der Waals surface area contributed by atoms with Gasteiger partial charge in [0, 0.05) is 12.3 Å². The van der Waals surface area contributed by atoms with E-state index in [1.807, 2.05) is 0 Å². The Morgan fingerprint density at radius 1 is 1.39 bits per heavy atom. The fraction of sp³-hybridized carbons (Fsp3) is 0.867. The van der Waals surface area contributed by atoms with Gasteiger partial charge in [0.15, 0.2) is 0 Å². The quantitative estimate of drug-likeness (QED) is 0.784. The van der Waals surface area contributed by atoms with Gasteiger partial charge in [0.1, 0.15) is 0 Å². The van der Waals surface area contributed by atoms with Gasteiger partial charge in [0.2, 0.25) is 11.8 Å². The zero-order valence-corrected chi connectivity index (χ0v) is 11.8. The maximum atomic E-state index is 12.2. The Kier molecular flexibility index (Phi) is 3.79. The van der Waals surface area contributed by atoms with Gasteiger partial charge in [0.05, 0.1) is 0 Å². The number of carbonyl (C=O) groups is 2. The molecule has 1 spiro atoms. The minimum Gasteiger partial charge on any atom is -0.296 e. The maximum Gasteiger partial charge on any atom is 0.230 e. The molecule has 1 saturated heterocycles. The SMILES string of the molecule is CCC1CCC2(CC(=O)NC(=O)C2CC(C)C)C1. The lowest BCUT2D eigenvalue weighted by Crippen LogP contribution is -2.51. The molecule has 1 saturated carbocycles. The number of nitrogens with one attached hydrogen (secondary N) is 1. The minimum atomic E-state index is -0.0586. The van der Waals surface area contributed by atoms with Crippen LogP contribution in [0.25, 0.3) is 0 Å². The van der Waals surface area contributed by atoms with Crippen molar-refractivity contribution in [1.29, 1.82) is 0 Å². The van der Waals surface area contributed by atoms with Gasteiger partial charge in [0.25, 0.3) is 0 Å². The Bertz CT molecular complexity index is 350. The Labute approximate surface area is 110 Å². The summed E-state index contributed by atoms with van der Waals surface area (Å²) in [6.45, 7) is 6.53. The van der Waals surface area contributed by atoms with E-state index in [1.54, 1.807) is 0 Å². The molecular weight excluding hydrogens is 226 g/mol. The van der Waals surface area contributed by atoms with E-state index in [2.05, 4.69) is 26.1 Å². The molecule has 0 bridgehead atoms. The van der Waals surface area contributed by atoms with Crippen LogP contribution in [0.2, 0.25) is 0 Å². The summed E-state index contributed by atoms with van der Waals surface area (Å²) in [5, 5.41) is 2.54. The molecule has 3 atom stereocenters. The molecule has 3 unspecified atom stereocenters. The van der Waals surface area contributed by atoms with Crippen molar-refractivity contribution in [2.24, 2.45) is 23.2 Å². The van der Waals surface area contributed by atoms with E-state index >= 15 is 0 Å². The summed E-state index contributed by atoms with van der Waals surface area (Å²) in [6, 6.07) is 0. The van der Waals surface area contributed by atoms with E-state index in [0.29, 0.717) is 18.3 Å². The lowest BCUT2D eigenvalue weighted by atomic mass is 9.65. The predicted octanol–water partition coefficient (Wildman–Crippen LogP) is 2.89. The first-order valence-electron chi connectivity index (χ1n) is 7.30. The first kappa shape index (κ1) is 13.6. The Morgan fingerprint density at radius 3 is 2.67 bits per heavy atom. The van der Waals surface area contributed by atoms with E-state index in [9.17, 15) is 9.59 Å². The van der Waals surface area contributed by atoms with Crippen molar-refractivity contribution in [3.8, 4) is 0 Å². The molecule has 1 aliphatic carbocycles. The van der Waals surface area contributed by atoms with Crippen molar-refractivity contribution in [2.75, 3.05) is 0 Å². The highest BCUT2D eigenvalue weighted by atomic mass is 16.2. The molecule has 3 heteroatoms. The van der Waals surface area contributed by atoms with Crippen LogP contribution in [0.1, 0.15) is 59.3 Å². The summed E-state index contributed by atoms with van der Waals surface area (Å²) in [7, 11) is 0. The fourth-order valence-electron chi connectivity index (χ4n) is 3.91. The number of imide groups is 1. The number of hydrogen-bond donors (Lipinski definition) is 1. The molecule has 3 nitrogen and oxygen atoms in total. The fourth-order valence-corrected chi connectivity index (χ4v) is 3.91. The van der Waals surface area contributed by atoms with Gasteiger partial charge in [-0.2, -0.15) is 0 Å². The molecule has 0 aromatic rings. The topological polar surface area (TPSA) is 46.2 Å². The molecule has 0 radical (unpaired) electrons. The molecule has 0 aromatic carbocycles. The minimum absolute atomic E-state index is 0.0169. The summed E-state index contributed by atoms with van der Waals surface area (Å²) < 4.78 is 0. The molecule has 2 fully saturated rings. The van der Waals surface area contributed by atoms with Crippen LogP contribution >= 0.6 is 0 Å². The van der Waals surface area contributed by atoms with E-state index in [1.165, 1.54) is 12.8 Å². The van der Waals surface area contributed by atoms with Crippen LogP contribution < -0.4 is 5.32 Å². The highest BCUT2D eigenvalue weighted by Gasteiger charge is 2.51. The zero-order chi connectivity index (χ0) is 13.3. The van der Waals surface area contributed by atoms with Crippen LogP contribution in [0.5, 0.6) is 0 Å². The number of piperidine rings is 1. The lowest BCUT2D eigenvalue weighted by Gasteiger charge is -2.41. The van der Waals surface area contributed by atoms with Crippen molar-refractivity contribution in [2.45, 2.75) is 59.3 Å². The normalized spacial score (nSPS) is 36.4. The molecule has 1 aliphatic heterocycles. The van der Waals surface area contributed by atoms with E-state index < -0.39 is 0 Å². The van der Waals surface area contributed by atoms with Crippen molar-refractivity contribution >= 4 is 11.8 Å². The van der Waals surface area contributed by atoms with Crippen LogP contribution in [0.15, 0.2) is 0 Å². The summed E-state index contributed by atoms with van der Waals surface area (Å²) in [4.78, 5) is 23.9. The van der Waals surface area contributed by atoms with Gasteiger partial charge in [-0.3, -0.25) is 14.9 Å². The number of hydrogen-bond acceptors (Lipinski definition) is 2. The monoisotopic (exact) mass is 251 g/mol. The Morgan fingerprint density at radius 2 is 2.11 bits per heavy atom.